The Morgan fingerprint density at radius 2 is 2.00 bits per heavy atom. The SMILES string of the molecule is CCOC(=O)c1cn(C(=O)CCl)c2ccccc2c1=O. The number of hydrogen-bond acceptors (Lipinski definition) is 4. The first-order chi connectivity index (χ1) is 9.60. The molecule has 0 saturated carbocycles. The predicted octanol–water partition coefficient (Wildman–Crippen LogP) is 2.06. The first-order valence-electron chi connectivity index (χ1n) is 6.00. The van der Waals surface area contributed by atoms with Crippen LogP contribution in [0.15, 0.2) is 35.3 Å². The summed E-state index contributed by atoms with van der Waals surface area (Å²) in [5, 5.41) is 0.275. The lowest BCUT2D eigenvalue weighted by molar-refractivity contribution is 0.0524. The molecule has 0 bridgehead atoms. The standard InChI is InChI=1S/C14H12ClNO4/c1-2-20-14(19)10-8-16(12(17)7-15)11-6-4-3-5-9(11)13(10)18/h3-6,8H,2,7H2,1H3. The van der Waals surface area contributed by atoms with Gasteiger partial charge in [0.2, 0.25) is 11.3 Å². The van der Waals surface area contributed by atoms with Crippen LogP contribution in [0.4, 0.5) is 0 Å². The van der Waals surface area contributed by atoms with Crippen LogP contribution in [0.1, 0.15) is 22.1 Å². The molecule has 0 aliphatic carbocycles. The first kappa shape index (κ1) is 14.3. The molecule has 1 aromatic carbocycles. The summed E-state index contributed by atoms with van der Waals surface area (Å²) >= 11 is 5.56. The minimum atomic E-state index is -0.751. The summed E-state index contributed by atoms with van der Waals surface area (Å²) in [5.74, 6) is -1.43. The van der Waals surface area contributed by atoms with E-state index in [4.69, 9.17) is 16.3 Å². The smallest absolute Gasteiger partial charge is 0.343 e. The van der Waals surface area contributed by atoms with Gasteiger partial charge in [0.15, 0.2) is 0 Å². The van der Waals surface area contributed by atoms with Crippen molar-refractivity contribution in [3.8, 4) is 0 Å². The predicted molar refractivity (Wildman–Crippen MR) is 75.5 cm³/mol. The molecule has 0 fully saturated rings. The fraction of sp³-hybridized carbons (Fsp3) is 0.214. The molecule has 0 saturated heterocycles. The number of rotatable bonds is 3. The van der Waals surface area contributed by atoms with Crippen LogP contribution in [0.5, 0.6) is 0 Å². The van der Waals surface area contributed by atoms with Gasteiger partial charge in [0.25, 0.3) is 0 Å². The van der Waals surface area contributed by atoms with E-state index in [2.05, 4.69) is 0 Å². The average molecular weight is 294 g/mol. The Morgan fingerprint density at radius 3 is 2.65 bits per heavy atom. The molecule has 104 valence electrons. The Hall–Kier alpha value is -2.14. The number of esters is 1. The van der Waals surface area contributed by atoms with Crippen molar-refractivity contribution < 1.29 is 14.3 Å². The van der Waals surface area contributed by atoms with Crippen LogP contribution in [-0.4, -0.2) is 28.9 Å². The van der Waals surface area contributed by atoms with E-state index in [1.807, 2.05) is 0 Å². The van der Waals surface area contributed by atoms with E-state index in [0.717, 1.165) is 0 Å². The summed E-state index contributed by atoms with van der Waals surface area (Å²) in [7, 11) is 0. The lowest BCUT2D eigenvalue weighted by Crippen LogP contribution is -2.24. The number of carbonyl (C=O) groups excluding carboxylic acids is 2. The van der Waals surface area contributed by atoms with Crippen molar-refractivity contribution >= 4 is 34.4 Å². The van der Waals surface area contributed by atoms with E-state index in [1.165, 1.54) is 10.8 Å². The van der Waals surface area contributed by atoms with Crippen LogP contribution >= 0.6 is 11.6 Å². The number of benzene rings is 1. The number of pyridine rings is 1. The second-order valence-electron chi connectivity index (χ2n) is 4.01. The van der Waals surface area contributed by atoms with Crippen molar-refractivity contribution in [3.63, 3.8) is 0 Å². The molecule has 0 radical (unpaired) electrons. The van der Waals surface area contributed by atoms with E-state index in [1.54, 1.807) is 31.2 Å². The van der Waals surface area contributed by atoms with Gasteiger partial charge in [0.05, 0.1) is 12.1 Å². The van der Waals surface area contributed by atoms with E-state index in [9.17, 15) is 14.4 Å². The minimum absolute atomic E-state index is 0.147. The van der Waals surface area contributed by atoms with Gasteiger partial charge >= 0.3 is 5.97 Å². The topological polar surface area (TPSA) is 65.4 Å². The highest BCUT2D eigenvalue weighted by atomic mass is 35.5. The maximum Gasteiger partial charge on any atom is 0.343 e. The maximum atomic E-state index is 12.2. The zero-order valence-corrected chi connectivity index (χ0v) is 11.5. The van der Waals surface area contributed by atoms with Gasteiger partial charge in [-0.3, -0.25) is 14.2 Å². The number of para-hydroxylation sites is 1. The number of aromatic nitrogens is 1. The monoisotopic (exact) mass is 293 g/mol. The molecule has 6 heteroatoms. The van der Waals surface area contributed by atoms with Crippen LogP contribution < -0.4 is 5.43 Å². The van der Waals surface area contributed by atoms with Crippen molar-refractivity contribution in [1.29, 1.82) is 0 Å². The van der Waals surface area contributed by atoms with Gasteiger partial charge in [-0.1, -0.05) is 12.1 Å². The molecule has 2 rings (SSSR count). The molecule has 1 heterocycles. The van der Waals surface area contributed by atoms with Crippen LogP contribution in [0, 0.1) is 0 Å². The zero-order valence-electron chi connectivity index (χ0n) is 10.8. The van der Waals surface area contributed by atoms with Crippen LogP contribution in [0.2, 0.25) is 0 Å². The highest BCUT2D eigenvalue weighted by molar-refractivity contribution is 6.28. The largest absolute Gasteiger partial charge is 0.462 e. The van der Waals surface area contributed by atoms with Gasteiger partial charge in [-0.05, 0) is 19.1 Å². The summed E-state index contributed by atoms with van der Waals surface area (Å²) in [6, 6.07) is 6.53. The molecule has 20 heavy (non-hydrogen) atoms. The quantitative estimate of drug-likeness (QED) is 0.642. The Balaban J connectivity index is 2.78. The first-order valence-corrected chi connectivity index (χ1v) is 6.54. The van der Waals surface area contributed by atoms with Crippen LogP contribution in [-0.2, 0) is 4.74 Å². The van der Waals surface area contributed by atoms with Gasteiger partial charge < -0.3 is 4.74 Å². The Kier molecular flexibility index (Phi) is 4.20. The lowest BCUT2D eigenvalue weighted by atomic mass is 10.1. The van der Waals surface area contributed by atoms with E-state index in [0.29, 0.717) is 5.52 Å². The molecule has 0 amide bonds. The van der Waals surface area contributed by atoms with E-state index < -0.39 is 17.3 Å². The summed E-state index contributed by atoms with van der Waals surface area (Å²) in [6.45, 7) is 1.79. The maximum absolute atomic E-state index is 12.2. The van der Waals surface area contributed by atoms with Gasteiger partial charge in [-0.2, -0.15) is 0 Å². The van der Waals surface area contributed by atoms with E-state index in [-0.39, 0.29) is 23.4 Å². The van der Waals surface area contributed by atoms with Gasteiger partial charge in [-0.25, -0.2) is 4.79 Å². The Morgan fingerprint density at radius 1 is 1.30 bits per heavy atom. The molecule has 0 spiro atoms. The Bertz CT molecular complexity index is 736. The van der Waals surface area contributed by atoms with Crippen molar-refractivity contribution in [1.82, 2.24) is 4.57 Å². The zero-order chi connectivity index (χ0) is 14.7. The van der Waals surface area contributed by atoms with Gasteiger partial charge in [-0.15, -0.1) is 11.6 Å². The Labute approximate surface area is 119 Å². The molecule has 0 atom stereocenters. The molecular formula is C14H12ClNO4. The molecule has 0 aliphatic rings. The molecular weight excluding hydrogens is 282 g/mol. The lowest BCUT2D eigenvalue weighted by Gasteiger charge is -2.10. The van der Waals surface area contributed by atoms with Crippen molar-refractivity contribution in [2.75, 3.05) is 12.5 Å². The number of fused-ring (bicyclic) bond motifs is 1. The number of halogens is 1. The number of ether oxygens (including phenoxy) is 1. The molecule has 0 unspecified atom stereocenters. The number of hydrogen-bond donors (Lipinski definition) is 0. The second-order valence-corrected chi connectivity index (χ2v) is 4.27. The van der Waals surface area contributed by atoms with Crippen molar-refractivity contribution in [3.05, 3.63) is 46.2 Å². The number of nitrogens with zero attached hydrogens (tertiary/aromatic N) is 1. The molecule has 0 aliphatic heterocycles. The van der Waals surface area contributed by atoms with Crippen LogP contribution in [0.25, 0.3) is 10.9 Å². The summed E-state index contributed by atoms with van der Waals surface area (Å²) in [6.07, 6.45) is 1.19. The molecule has 2 aromatic rings. The minimum Gasteiger partial charge on any atom is -0.462 e. The molecule has 0 N–H and O–H groups in total. The fourth-order valence-electron chi connectivity index (χ4n) is 1.90. The number of alkyl halides is 1. The summed E-state index contributed by atoms with van der Waals surface area (Å²) in [5.41, 5.74) is -0.224. The summed E-state index contributed by atoms with van der Waals surface area (Å²) in [4.78, 5) is 35.9. The normalized spacial score (nSPS) is 10.5. The van der Waals surface area contributed by atoms with Crippen molar-refractivity contribution in [2.45, 2.75) is 6.92 Å². The molecule has 1 aromatic heterocycles. The highest BCUT2D eigenvalue weighted by Crippen LogP contribution is 2.12. The third kappa shape index (κ3) is 2.44. The number of carbonyl (C=O) groups is 2. The summed E-state index contributed by atoms with van der Waals surface area (Å²) < 4.78 is 6.03. The van der Waals surface area contributed by atoms with Crippen LogP contribution in [0.3, 0.4) is 0 Å². The second kappa shape index (κ2) is 5.88. The van der Waals surface area contributed by atoms with Gasteiger partial charge in [0, 0.05) is 11.6 Å². The third-order valence-electron chi connectivity index (χ3n) is 2.79. The fourth-order valence-corrected chi connectivity index (χ4v) is 2.03. The molecule has 5 nitrogen and oxygen atoms in total. The highest BCUT2D eigenvalue weighted by Gasteiger charge is 2.18. The van der Waals surface area contributed by atoms with Gasteiger partial charge in [0.1, 0.15) is 11.4 Å². The average Bonchev–Trinajstić information content (AvgIpc) is 2.47. The van der Waals surface area contributed by atoms with Crippen molar-refractivity contribution in [2.24, 2.45) is 0 Å². The third-order valence-corrected chi connectivity index (χ3v) is 3.02. The van der Waals surface area contributed by atoms with E-state index >= 15 is 0 Å².